The minimum Gasteiger partial charge on any atom is -0.342 e. The molecule has 0 saturated carbocycles. The van der Waals surface area contributed by atoms with Crippen molar-refractivity contribution in [2.75, 3.05) is 6.54 Å². The van der Waals surface area contributed by atoms with E-state index in [1.54, 1.807) is 6.08 Å². The fourth-order valence-corrected chi connectivity index (χ4v) is 4.69. The number of carbonyl (C=O) groups is 2. The number of hydrogen-bond acceptors (Lipinski definition) is 3. The molecule has 1 aromatic heterocycles. The van der Waals surface area contributed by atoms with Crippen LogP contribution in [0.2, 0.25) is 5.02 Å². The number of carbonyl (C=O) groups excluding carboxylic acids is 2. The van der Waals surface area contributed by atoms with Crippen molar-refractivity contribution in [2.24, 2.45) is 0 Å². The second-order valence-corrected chi connectivity index (χ2v) is 8.34. The van der Waals surface area contributed by atoms with Crippen LogP contribution in [0.4, 0.5) is 4.79 Å². The zero-order valence-corrected chi connectivity index (χ0v) is 18.0. The molecule has 1 saturated heterocycles. The number of rotatable bonds is 5. The zero-order valence-electron chi connectivity index (χ0n) is 16.4. The van der Waals surface area contributed by atoms with Gasteiger partial charge in [0, 0.05) is 28.7 Å². The second-order valence-electron chi connectivity index (χ2n) is 6.94. The Morgan fingerprint density at radius 1 is 1.13 bits per heavy atom. The summed E-state index contributed by atoms with van der Waals surface area (Å²) in [5, 5.41) is 1.41. The lowest BCUT2D eigenvalue weighted by molar-refractivity contribution is -0.122. The SMILES string of the molecule is C#CCN1C(=O)S/C(=C\c2cn(Cc3ccccc3Cl)c3c(CC)cccc23)C1=O. The molecule has 0 N–H and O–H groups in total. The van der Waals surface area contributed by atoms with E-state index in [0.29, 0.717) is 16.5 Å². The normalized spacial score (nSPS) is 15.4. The first kappa shape index (κ1) is 20.3. The number of aryl methyl sites for hydroxylation is 1. The molecule has 4 rings (SSSR count). The third kappa shape index (κ3) is 3.65. The Hall–Kier alpha value is -2.94. The molecule has 0 unspecified atom stereocenters. The first-order valence-electron chi connectivity index (χ1n) is 9.56. The lowest BCUT2D eigenvalue weighted by atomic mass is 10.1. The molecule has 150 valence electrons. The molecule has 6 heteroatoms. The zero-order chi connectivity index (χ0) is 21.3. The molecule has 1 aliphatic rings. The molecule has 30 heavy (non-hydrogen) atoms. The number of imide groups is 1. The molecule has 0 radical (unpaired) electrons. The smallest absolute Gasteiger partial charge is 0.294 e. The second kappa shape index (κ2) is 8.43. The van der Waals surface area contributed by atoms with Crippen molar-refractivity contribution in [1.29, 1.82) is 0 Å². The molecule has 2 aromatic carbocycles. The molecule has 0 bridgehead atoms. The molecular formula is C24H19ClN2O2S. The van der Waals surface area contributed by atoms with Gasteiger partial charge in [-0.3, -0.25) is 14.5 Å². The standard InChI is InChI=1S/C24H19ClN2O2S/c1-3-12-27-23(28)21(30-24(27)29)13-18-15-26(14-17-8-5-6-11-20(17)25)22-16(4-2)9-7-10-19(18)22/h1,5-11,13,15H,4,12,14H2,2H3/b21-13-. The first-order valence-corrected chi connectivity index (χ1v) is 10.8. The molecule has 1 fully saturated rings. The fraction of sp³-hybridized carbons (Fsp3) is 0.167. The van der Waals surface area contributed by atoms with E-state index in [1.165, 1.54) is 5.56 Å². The van der Waals surface area contributed by atoms with Gasteiger partial charge in [-0.15, -0.1) is 6.42 Å². The third-order valence-electron chi connectivity index (χ3n) is 5.10. The number of fused-ring (bicyclic) bond motifs is 1. The van der Waals surface area contributed by atoms with Crippen LogP contribution in [0.25, 0.3) is 17.0 Å². The van der Waals surface area contributed by atoms with Gasteiger partial charge in [-0.25, -0.2) is 0 Å². The van der Waals surface area contributed by atoms with Crippen LogP contribution in [0.15, 0.2) is 53.6 Å². The molecule has 1 aliphatic heterocycles. The van der Waals surface area contributed by atoms with Crippen LogP contribution < -0.4 is 0 Å². The van der Waals surface area contributed by atoms with E-state index < -0.39 is 0 Å². The number of terminal acetylenes is 1. The van der Waals surface area contributed by atoms with E-state index in [4.69, 9.17) is 18.0 Å². The Morgan fingerprint density at radius 3 is 2.63 bits per heavy atom. The monoisotopic (exact) mass is 434 g/mol. The summed E-state index contributed by atoms with van der Waals surface area (Å²) in [6.07, 6.45) is 9.96. The molecule has 0 atom stereocenters. The van der Waals surface area contributed by atoms with Crippen LogP contribution in [0, 0.1) is 12.3 Å². The molecule has 3 aromatic rings. The van der Waals surface area contributed by atoms with Gasteiger partial charge in [0.1, 0.15) is 0 Å². The van der Waals surface area contributed by atoms with Gasteiger partial charge < -0.3 is 4.57 Å². The van der Waals surface area contributed by atoms with Gasteiger partial charge in [0.25, 0.3) is 11.1 Å². The van der Waals surface area contributed by atoms with E-state index >= 15 is 0 Å². The highest BCUT2D eigenvalue weighted by Gasteiger charge is 2.34. The van der Waals surface area contributed by atoms with E-state index in [9.17, 15) is 9.59 Å². The van der Waals surface area contributed by atoms with Crippen LogP contribution in [0.5, 0.6) is 0 Å². The van der Waals surface area contributed by atoms with Crippen LogP contribution in [0.3, 0.4) is 0 Å². The summed E-state index contributed by atoms with van der Waals surface area (Å²) in [6.45, 7) is 2.71. The number of para-hydroxylation sites is 1. The van der Waals surface area contributed by atoms with Crippen molar-refractivity contribution in [3.63, 3.8) is 0 Å². The van der Waals surface area contributed by atoms with Gasteiger partial charge in [0.2, 0.25) is 0 Å². The summed E-state index contributed by atoms with van der Waals surface area (Å²) >= 11 is 7.32. The van der Waals surface area contributed by atoms with Crippen molar-refractivity contribution < 1.29 is 9.59 Å². The Kier molecular flexibility index (Phi) is 5.72. The van der Waals surface area contributed by atoms with Gasteiger partial charge >= 0.3 is 0 Å². The number of amides is 2. The van der Waals surface area contributed by atoms with Crippen LogP contribution in [-0.4, -0.2) is 27.2 Å². The van der Waals surface area contributed by atoms with Gasteiger partial charge in [0.15, 0.2) is 0 Å². The minimum atomic E-state index is -0.346. The van der Waals surface area contributed by atoms with Crippen LogP contribution in [-0.2, 0) is 17.8 Å². The Morgan fingerprint density at radius 2 is 1.90 bits per heavy atom. The Bertz CT molecular complexity index is 1240. The number of aromatic nitrogens is 1. The van der Waals surface area contributed by atoms with Crippen molar-refractivity contribution in [1.82, 2.24) is 9.47 Å². The van der Waals surface area contributed by atoms with Crippen molar-refractivity contribution in [2.45, 2.75) is 19.9 Å². The predicted octanol–water partition coefficient (Wildman–Crippen LogP) is 5.57. The van der Waals surface area contributed by atoms with Crippen LogP contribution >= 0.6 is 23.4 Å². The highest BCUT2D eigenvalue weighted by molar-refractivity contribution is 8.18. The number of benzene rings is 2. The largest absolute Gasteiger partial charge is 0.342 e. The summed E-state index contributed by atoms with van der Waals surface area (Å²) in [4.78, 5) is 26.2. The van der Waals surface area contributed by atoms with E-state index in [-0.39, 0.29) is 17.7 Å². The average molecular weight is 435 g/mol. The van der Waals surface area contributed by atoms with E-state index in [0.717, 1.165) is 45.1 Å². The maximum absolute atomic E-state index is 12.6. The summed E-state index contributed by atoms with van der Waals surface area (Å²) in [6, 6.07) is 13.9. The van der Waals surface area contributed by atoms with Gasteiger partial charge in [-0.1, -0.05) is 60.8 Å². The molecular weight excluding hydrogens is 416 g/mol. The topological polar surface area (TPSA) is 42.3 Å². The highest BCUT2D eigenvalue weighted by Crippen LogP contribution is 2.35. The third-order valence-corrected chi connectivity index (χ3v) is 6.38. The lowest BCUT2D eigenvalue weighted by Crippen LogP contribution is -2.28. The fourth-order valence-electron chi connectivity index (χ4n) is 3.67. The number of thioether (sulfide) groups is 1. The maximum atomic E-state index is 12.6. The van der Waals surface area contributed by atoms with Crippen molar-refractivity contribution in [3.05, 3.63) is 75.3 Å². The predicted molar refractivity (Wildman–Crippen MR) is 123 cm³/mol. The van der Waals surface area contributed by atoms with Gasteiger partial charge in [-0.05, 0) is 41.5 Å². The summed E-state index contributed by atoms with van der Waals surface area (Å²) in [5.74, 6) is 2.02. The summed E-state index contributed by atoms with van der Waals surface area (Å²) < 4.78 is 2.16. The van der Waals surface area contributed by atoms with Gasteiger partial charge in [0.05, 0.1) is 17.0 Å². The highest BCUT2D eigenvalue weighted by atomic mass is 35.5. The lowest BCUT2D eigenvalue weighted by Gasteiger charge is -2.10. The quantitative estimate of drug-likeness (QED) is 0.389. The molecule has 2 amide bonds. The number of hydrogen-bond donors (Lipinski definition) is 0. The number of halogens is 1. The molecule has 0 spiro atoms. The average Bonchev–Trinajstić information content (AvgIpc) is 3.22. The summed E-state index contributed by atoms with van der Waals surface area (Å²) in [5.41, 5.74) is 4.22. The molecule has 2 heterocycles. The Labute approximate surface area is 184 Å². The van der Waals surface area contributed by atoms with E-state index in [2.05, 4.69) is 23.5 Å². The van der Waals surface area contributed by atoms with Crippen LogP contribution in [0.1, 0.15) is 23.6 Å². The summed E-state index contributed by atoms with van der Waals surface area (Å²) in [7, 11) is 0. The van der Waals surface area contributed by atoms with E-state index in [1.807, 2.05) is 42.6 Å². The van der Waals surface area contributed by atoms with Gasteiger partial charge in [-0.2, -0.15) is 0 Å². The van der Waals surface area contributed by atoms with Crippen molar-refractivity contribution in [3.8, 4) is 12.3 Å². The number of nitrogens with zero attached hydrogens (tertiary/aromatic N) is 2. The molecule has 0 aliphatic carbocycles. The maximum Gasteiger partial charge on any atom is 0.294 e. The first-order chi connectivity index (χ1) is 14.5. The molecule has 4 nitrogen and oxygen atoms in total. The minimum absolute atomic E-state index is 0.0176. The Balaban J connectivity index is 1.82. The van der Waals surface area contributed by atoms with Crippen molar-refractivity contribution >= 4 is 51.5 Å².